The number of rotatable bonds is 7. The second kappa shape index (κ2) is 8.29. The fraction of sp³-hybridized carbons (Fsp3) is 0.333. The first-order chi connectivity index (χ1) is 11.0. The number of hydrogen-bond acceptors (Lipinski definition) is 3. The van der Waals surface area contributed by atoms with Gasteiger partial charge in [0.05, 0.1) is 6.10 Å². The highest BCUT2D eigenvalue weighted by molar-refractivity contribution is 6.31. The molecule has 1 atom stereocenters. The van der Waals surface area contributed by atoms with E-state index in [2.05, 4.69) is 6.92 Å². The lowest BCUT2D eigenvalue weighted by Gasteiger charge is -2.25. The molecule has 2 rings (SSSR count). The van der Waals surface area contributed by atoms with Crippen LogP contribution in [0, 0.1) is 5.82 Å². The predicted octanol–water partition coefficient (Wildman–Crippen LogP) is 4.13. The van der Waals surface area contributed by atoms with Gasteiger partial charge in [-0.15, -0.1) is 0 Å². The van der Waals surface area contributed by atoms with Crippen LogP contribution in [0.15, 0.2) is 42.5 Å². The molecule has 0 spiro atoms. The van der Waals surface area contributed by atoms with Crippen molar-refractivity contribution in [3.8, 4) is 5.75 Å². The van der Waals surface area contributed by atoms with Crippen LogP contribution in [0.5, 0.6) is 5.75 Å². The molecular formula is C18H21ClFNO2. The molecule has 0 aliphatic carbocycles. The highest BCUT2D eigenvalue weighted by atomic mass is 35.5. The van der Waals surface area contributed by atoms with E-state index in [1.165, 1.54) is 18.2 Å². The van der Waals surface area contributed by atoms with E-state index in [9.17, 15) is 14.6 Å². The molecule has 0 fully saturated rings. The Bertz CT molecular complexity index is 651. The molecule has 0 heterocycles. The molecule has 2 aromatic rings. The molecule has 0 aliphatic heterocycles. The van der Waals surface area contributed by atoms with Gasteiger partial charge in [0.1, 0.15) is 11.6 Å². The molecule has 0 saturated carbocycles. The summed E-state index contributed by atoms with van der Waals surface area (Å²) < 4.78 is 13.1. The zero-order valence-corrected chi connectivity index (χ0v) is 13.8. The number of halogens is 2. The number of nitrogens with zero attached hydrogens (tertiary/aromatic N) is 1. The quantitative estimate of drug-likeness (QED) is 0.798. The Balaban J connectivity index is 2.10. The molecule has 1 unspecified atom stereocenters. The molecule has 2 aromatic carbocycles. The Hall–Kier alpha value is -1.62. The lowest BCUT2D eigenvalue weighted by atomic mass is 10.1. The summed E-state index contributed by atoms with van der Waals surface area (Å²) in [4.78, 5) is 2.04. The molecule has 0 bridgehead atoms. The topological polar surface area (TPSA) is 43.7 Å². The number of benzene rings is 2. The van der Waals surface area contributed by atoms with Gasteiger partial charge in [-0.1, -0.05) is 42.8 Å². The van der Waals surface area contributed by atoms with Gasteiger partial charge in [0, 0.05) is 29.2 Å². The zero-order chi connectivity index (χ0) is 16.8. The van der Waals surface area contributed by atoms with Gasteiger partial charge in [-0.3, -0.25) is 4.90 Å². The van der Waals surface area contributed by atoms with Crippen molar-refractivity contribution in [2.75, 3.05) is 13.1 Å². The lowest BCUT2D eigenvalue weighted by molar-refractivity contribution is 0.108. The van der Waals surface area contributed by atoms with E-state index in [0.29, 0.717) is 18.7 Å². The van der Waals surface area contributed by atoms with Crippen LogP contribution in [0.4, 0.5) is 4.39 Å². The average Bonchev–Trinajstić information content (AvgIpc) is 2.49. The monoisotopic (exact) mass is 337 g/mol. The summed E-state index contributed by atoms with van der Waals surface area (Å²) in [7, 11) is 0. The van der Waals surface area contributed by atoms with Gasteiger partial charge in [0.15, 0.2) is 0 Å². The molecule has 0 radical (unpaired) electrons. The largest absolute Gasteiger partial charge is 0.508 e. The highest BCUT2D eigenvalue weighted by Crippen LogP contribution is 2.26. The van der Waals surface area contributed by atoms with Crippen molar-refractivity contribution >= 4 is 11.6 Å². The first kappa shape index (κ1) is 17.7. The van der Waals surface area contributed by atoms with Gasteiger partial charge in [-0.05, 0) is 31.2 Å². The summed E-state index contributed by atoms with van der Waals surface area (Å²) in [5, 5.41) is 20.5. The Morgan fingerprint density at radius 1 is 1.22 bits per heavy atom. The third-order valence-corrected chi connectivity index (χ3v) is 4.01. The van der Waals surface area contributed by atoms with Crippen molar-refractivity contribution < 1.29 is 14.6 Å². The molecule has 3 nitrogen and oxygen atoms in total. The Labute approximate surface area is 140 Å². The number of hydrogen-bond donors (Lipinski definition) is 2. The van der Waals surface area contributed by atoms with E-state index >= 15 is 0 Å². The number of phenols is 1. The van der Waals surface area contributed by atoms with Crippen LogP contribution < -0.4 is 0 Å². The van der Waals surface area contributed by atoms with Gasteiger partial charge >= 0.3 is 0 Å². The molecular weight excluding hydrogens is 317 g/mol. The third-order valence-electron chi connectivity index (χ3n) is 3.68. The van der Waals surface area contributed by atoms with Crippen LogP contribution in [0.2, 0.25) is 5.02 Å². The smallest absolute Gasteiger partial charge is 0.124 e. The van der Waals surface area contributed by atoms with Crippen molar-refractivity contribution in [1.82, 2.24) is 4.90 Å². The minimum Gasteiger partial charge on any atom is -0.508 e. The van der Waals surface area contributed by atoms with Crippen LogP contribution in [-0.4, -0.2) is 28.2 Å². The summed E-state index contributed by atoms with van der Waals surface area (Å²) in [6.07, 6.45) is 0.0952. The minimum absolute atomic E-state index is 0.219. The fourth-order valence-corrected chi connectivity index (χ4v) is 2.84. The predicted molar refractivity (Wildman–Crippen MR) is 90.0 cm³/mol. The van der Waals surface area contributed by atoms with E-state index in [0.717, 1.165) is 18.5 Å². The number of para-hydroxylation sites is 1. The van der Waals surface area contributed by atoms with Gasteiger partial charge in [0.25, 0.3) is 0 Å². The molecule has 2 N–H and O–H groups in total. The summed E-state index contributed by atoms with van der Waals surface area (Å²) in [6, 6.07) is 11.1. The van der Waals surface area contributed by atoms with Crippen molar-refractivity contribution in [1.29, 1.82) is 0 Å². The van der Waals surface area contributed by atoms with Gasteiger partial charge < -0.3 is 10.2 Å². The molecule has 5 heteroatoms. The van der Waals surface area contributed by atoms with Gasteiger partial charge in [-0.25, -0.2) is 4.39 Å². The van der Waals surface area contributed by atoms with E-state index in [-0.39, 0.29) is 10.8 Å². The van der Waals surface area contributed by atoms with Crippen molar-refractivity contribution in [3.05, 3.63) is 64.4 Å². The Morgan fingerprint density at radius 3 is 2.61 bits per heavy atom. The average molecular weight is 338 g/mol. The summed E-state index contributed by atoms with van der Waals surface area (Å²) >= 11 is 6.01. The second-order valence-corrected chi connectivity index (χ2v) is 5.95. The maximum absolute atomic E-state index is 13.1. The van der Waals surface area contributed by atoms with E-state index in [4.69, 9.17) is 11.6 Å². The maximum atomic E-state index is 13.1. The van der Waals surface area contributed by atoms with E-state index < -0.39 is 11.9 Å². The van der Waals surface area contributed by atoms with Crippen LogP contribution in [0.3, 0.4) is 0 Å². The highest BCUT2D eigenvalue weighted by Gasteiger charge is 2.17. The summed E-state index contributed by atoms with van der Waals surface area (Å²) in [5.74, 6) is -0.187. The van der Waals surface area contributed by atoms with Crippen LogP contribution in [0.1, 0.15) is 30.6 Å². The van der Waals surface area contributed by atoms with E-state index in [1.54, 1.807) is 12.1 Å². The summed E-state index contributed by atoms with van der Waals surface area (Å²) in [6.45, 7) is 3.70. The van der Waals surface area contributed by atoms with Crippen LogP contribution in [-0.2, 0) is 6.54 Å². The zero-order valence-electron chi connectivity index (χ0n) is 13.0. The van der Waals surface area contributed by atoms with Crippen LogP contribution in [0.25, 0.3) is 0 Å². The number of aliphatic hydroxyl groups is 1. The Morgan fingerprint density at radius 2 is 1.96 bits per heavy atom. The SMILES string of the molecule is CCCN(Cc1ccccc1O)CC(O)c1ccc(F)cc1Cl. The van der Waals surface area contributed by atoms with Crippen LogP contribution >= 0.6 is 11.6 Å². The van der Waals surface area contributed by atoms with Gasteiger partial charge in [0.2, 0.25) is 0 Å². The summed E-state index contributed by atoms with van der Waals surface area (Å²) in [5.41, 5.74) is 1.31. The molecule has 0 aromatic heterocycles. The first-order valence-electron chi connectivity index (χ1n) is 7.63. The number of aromatic hydroxyl groups is 1. The second-order valence-electron chi connectivity index (χ2n) is 5.55. The standard InChI is InChI=1S/C18H21ClFNO2/c1-2-9-21(11-13-5-3-4-6-17(13)22)12-18(23)15-8-7-14(20)10-16(15)19/h3-8,10,18,22-23H,2,9,11-12H2,1H3. The lowest BCUT2D eigenvalue weighted by Crippen LogP contribution is -2.29. The third kappa shape index (κ3) is 4.93. The normalized spacial score (nSPS) is 12.6. The molecule has 0 aliphatic rings. The Kier molecular flexibility index (Phi) is 6.39. The molecule has 0 saturated heterocycles. The maximum Gasteiger partial charge on any atom is 0.124 e. The van der Waals surface area contributed by atoms with E-state index in [1.807, 2.05) is 17.0 Å². The van der Waals surface area contributed by atoms with Gasteiger partial charge in [-0.2, -0.15) is 0 Å². The minimum atomic E-state index is -0.819. The molecule has 124 valence electrons. The van der Waals surface area contributed by atoms with Crippen molar-refractivity contribution in [2.45, 2.75) is 26.0 Å². The number of aliphatic hydroxyl groups excluding tert-OH is 1. The molecule has 0 amide bonds. The van der Waals surface area contributed by atoms with Crippen molar-refractivity contribution in [2.24, 2.45) is 0 Å². The fourth-order valence-electron chi connectivity index (χ4n) is 2.55. The first-order valence-corrected chi connectivity index (χ1v) is 8.01. The number of phenolic OH excluding ortho intramolecular Hbond substituents is 1. The molecule has 23 heavy (non-hydrogen) atoms. The van der Waals surface area contributed by atoms with Crippen molar-refractivity contribution in [3.63, 3.8) is 0 Å².